The molecular formula is C10H12N4. The molecular weight excluding hydrogens is 176 g/mol. The summed E-state index contributed by atoms with van der Waals surface area (Å²) in [4.78, 5) is 2.76. The van der Waals surface area contributed by atoms with Crippen molar-refractivity contribution in [2.45, 2.75) is 25.7 Å². The normalized spacial score (nSPS) is 14.3. The third-order valence-corrected chi connectivity index (χ3v) is 2.71. The predicted molar refractivity (Wildman–Crippen MR) is 56.3 cm³/mol. The first-order valence-corrected chi connectivity index (χ1v) is 4.78. The van der Waals surface area contributed by atoms with Gasteiger partial charge in [-0.05, 0) is 42.3 Å². The number of hydrogen-bond donors (Lipinski definition) is 1. The predicted octanol–water partition coefficient (Wildman–Crippen LogP) is 3.09. The zero-order valence-electron chi connectivity index (χ0n) is 7.90. The molecule has 0 unspecified atom stereocenters. The average molecular weight is 188 g/mol. The minimum Gasteiger partial charge on any atom is -0.398 e. The molecule has 0 bridgehead atoms. The summed E-state index contributed by atoms with van der Waals surface area (Å²) in [5, 5.41) is 3.57. The molecule has 72 valence electrons. The van der Waals surface area contributed by atoms with E-state index in [1.807, 2.05) is 6.07 Å². The topological polar surface area (TPSA) is 74.8 Å². The summed E-state index contributed by atoms with van der Waals surface area (Å²) in [7, 11) is 0. The molecule has 1 aliphatic carbocycles. The van der Waals surface area contributed by atoms with E-state index in [0.29, 0.717) is 11.4 Å². The van der Waals surface area contributed by atoms with Gasteiger partial charge in [0.05, 0.1) is 5.69 Å². The van der Waals surface area contributed by atoms with Gasteiger partial charge in [0.2, 0.25) is 0 Å². The van der Waals surface area contributed by atoms with E-state index in [1.54, 1.807) is 6.07 Å². The second kappa shape index (κ2) is 3.60. The molecule has 1 aliphatic rings. The largest absolute Gasteiger partial charge is 0.398 e. The van der Waals surface area contributed by atoms with Gasteiger partial charge in [-0.3, -0.25) is 0 Å². The minimum absolute atomic E-state index is 0.563. The Bertz CT molecular complexity index is 405. The van der Waals surface area contributed by atoms with Gasteiger partial charge in [0.1, 0.15) is 0 Å². The van der Waals surface area contributed by atoms with Gasteiger partial charge in [0.15, 0.2) is 0 Å². The van der Waals surface area contributed by atoms with Crippen LogP contribution in [0.4, 0.5) is 11.4 Å². The standard InChI is InChI=1S/C10H12N4/c11-10-8-4-2-1-3-7(8)5-6-9(10)13-14-12/h5-6H,1-4,11H2. The van der Waals surface area contributed by atoms with Gasteiger partial charge in [-0.15, -0.1) is 0 Å². The zero-order chi connectivity index (χ0) is 9.97. The van der Waals surface area contributed by atoms with Gasteiger partial charge < -0.3 is 5.73 Å². The highest BCUT2D eigenvalue weighted by molar-refractivity contribution is 5.69. The Morgan fingerprint density at radius 1 is 1.29 bits per heavy atom. The van der Waals surface area contributed by atoms with Gasteiger partial charge in [0.25, 0.3) is 0 Å². The number of nitrogen functional groups attached to an aromatic ring is 1. The van der Waals surface area contributed by atoms with Crippen LogP contribution in [0.1, 0.15) is 24.0 Å². The first-order chi connectivity index (χ1) is 6.83. The number of nitrogens with zero attached hydrogens (tertiary/aromatic N) is 3. The Hall–Kier alpha value is -1.67. The van der Waals surface area contributed by atoms with Crippen LogP contribution in [-0.4, -0.2) is 0 Å². The highest BCUT2D eigenvalue weighted by Crippen LogP contribution is 2.33. The van der Waals surface area contributed by atoms with Crippen molar-refractivity contribution in [1.29, 1.82) is 0 Å². The van der Waals surface area contributed by atoms with Crippen LogP contribution in [0.2, 0.25) is 0 Å². The Morgan fingerprint density at radius 3 is 2.86 bits per heavy atom. The van der Waals surface area contributed by atoms with E-state index in [1.165, 1.54) is 24.0 Å². The summed E-state index contributed by atoms with van der Waals surface area (Å²) in [5.41, 5.74) is 18.0. The fourth-order valence-electron chi connectivity index (χ4n) is 1.98. The van der Waals surface area contributed by atoms with Crippen LogP contribution in [0.5, 0.6) is 0 Å². The molecule has 1 aromatic rings. The van der Waals surface area contributed by atoms with Crippen LogP contribution in [0, 0.1) is 0 Å². The highest BCUT2D eigenvalue weighted by atomic mass is 15.1. The minimum atomic E-state index is 0.563. The van der Waals surface area contributed by atoms with Gasteiger partial charge in [-0.25, -0.2) is 0 Å². The van der Waals surface area contributed by atoms with E-state index in [4.69, 9.17) is 11.3 Å². The summed E-state index contributed by atoms with van der Waals surface area (Å²) in [6.07, 6.45) is 4.51. The van der Waals surface area contributed by atoms with E-state index < -0.39 is 0 Å². The van der Waals surface area contributed by atoms with E-state index in [9.17, 15) is 0 Å². The summed E-state index contributed by atoms with van der Waals surface area (Å²) in [6, 6.07) is 3.83. The molecule has 0 atom stereocenters. The van der Waals surface area contributed by atoms with E-state index in [0.717, 1.165) is 12.8 Å². The molecule has 0 saturated heterocycles. The number of nitrogens with two attached hydrogens (primary N) is 1. The smallest absolute Gasteiger partial charge is 0.0607 e. The zero-order valence-corrected chi connectivity index (χ0v) is 7.90. The SMILES string of the molecule is [N-]=[N+]=Nc1ccc2c(c1N)CCCC2. The molecule has 0 radical (unpaired) electrons. The Balaban J connectivity index is 2.53. The van der Waals surface area contributed by atoms with Crippen LogP contribution in [0.3, 0.4) is 0 Å². The maximum atomic E-state index is 8.35. The van der Waals surface area contributed by atoms with E-state index in [-0.39, 0.29) is 0 Å². The molecule has 0 spiro atoms. The summed E-state index contributed by atoms with van der Waals surface area (Å²) >= 11 is 0. The molecule has 2 rings (SSSR count). The third-order valence-electron chi connectivity index (χ3n) is 2.71. The van der Waals surface area contributed by atoms with Crippen molar-refractivity contribution < 1.29 is 0 Å². The van der Waals surface area contributed by atoms with E-state index in [2.05, 4.69) is 10.0 Å². The number of aryl methyl sites for hydroxylation is 1. The number of benzene rings is 1. The van der Waals surface area contributed by atoms with Crippen LogP contribution in [0.15, 0.2) is 17.2 Å². The van der Waals surface area contributed by atoms with E-state index >= 15 is 0 Å². The summed E-state index contributed by atoms with van der Waals surface area (Å²) in [5.74, 6) is 0. The van der Waals surface area contributed by atoms with Crippen molar-refractivity contribution in [3.8, 4) is 0 Å². The van der Waals surface area contributed by atoms with Gasteiger partial charge in [-0.2, -0.15) is 0 Å². The highest BCUT2D eigenvalue weighted by Gasteiger charge is 2.13. The number of hydrogen-bond acceptors (Lipinski definition) is 2. The third kappa shape index (κ3) is 1.40. The van der Waals surface area contributed by atoms with Crippen LogP contribution in [-0.2, 0) is 12.8 Å². The molecule has 0 saturated carbocycles. The lowest BCUT2D eigenvalue weighted by molar-refractivity contribution is 0.687. The fourth-order valence-corrected chi connectivity index (χ4v) is 1.98. The van der Waals surface area contributed by atoms with Crippen molar-refractivity contribution in [2.75, 3.05) is 5.73 Å². The Labute approximate surface area is 82.4 Å². The maximum Gasteiger partial charge on any atom is 0.0607 e. The summed E-state index contributed by atoms with van der Waals surface area (Å²) in [6.45, 7) is 0. The second-order valence-electron chi connectivity index (χ2n) is 3.53. The molecule has 2 N–H and O–H groups in total. The van der Waals surface area contributed by atoms with Crippen molar-refractivity contribution in [1.82, 2.24) is 0 Å². The van der Waals surface area contributed by atoms with Gasteiger partial charge >= 0.3 is 0 Å². The molecule has 4 nitrogen and oxygen atoms in total. The lowest BCUT2D eigenvalue weighted by Gasteiger charge is -2.18. The molecule has 4 heteroatoms. The van der Waals surface area contributed by atoms with Crippen molar-refractivity contribution in [2.24, 2.45) is 5.11 Å². The number of rotatable bonds is 1. The Morgan fingerprint density at radius 2 is 2.07 bits per heavy atom. The lowest BCUT2D eigenvalue weighted by atomic mass is 9.90. The van der Waals surface area contributed by atoms with Gasteiger partial charge in [0, 0.05) is 10.6 Å². The molecule has 0 aromatic heterocycles. The summed E-state index contributed by atoms with van der Waals surface area (Å²) < 4.78 is 0. The van der Waals surface area contributed by atoms with Crippen LogP contribution < -0.4 is 5.73 Å². The number of fused-ring (bicyclic) bond motifs is 1. The number of anilines is 1. The second-order valence-corrected chi connectivity index (χ2v) is 3.53. The fraction of sp³-hybridized carbons (Fsp3) is 0.400. The number of azide groups is 1. The first-order valence-electron chi connectivity index (χ1n) is 4.78. The quantitative estimate of drug-likeness (QED) is 0.312. The van der Waals surface area contributed by atoms with Crippen LogP contribution in [0.25, 0.3) is 10.4 Å². The monoisotopic (exact) mass is 188 g/mol. The molecule has 14 heavy (non-hydrogen) atoms. The Kier molecular flexibility index (Phi) is 2.29. The van der Waals surface area contributed by atoms with Crippen molar-refractivity contribution in [3.63, 3.8) is 0 Å². The maximum absolute atomic E-state index is 8.35. The average Bonchev–Trinajstić information content (AvgIpc) is 2.23. The first kappa shape index (κ1) is 8.91. The lowest BCUT2D eigenvalue weighted by Crippen LogP contribution is -2.05. The molecule has 0 fully saturated rings. The van der Waals surface area contributed by atoms with Crippen LogP contribution >= 0.6 is 0 Å². The van der Waals surface area contributed by atoms with Crippen molar-refractivity contribution >= 4 is 11.4 Å². The molecule has 0 aliphatic heterocycles. The van der Waals surface area contributed by atoms with Crippen molar-refractivity contribution in [3.05, 3.63) is 33.7 Å². The molecule has 1 aromatic carbocycles. The molecule has 0 amide bonds. The van der Waals surface area contributed by atoms with Gasteiger partial charge in [-0.1, -0.05) is 17.2 Å². The molecule has 0 heterocycles.